The van der Waals surface area contributed by atoms with Crippen molar-refractivity contribution in [2.75, 3.05) is 24.3 Å². The number of rotatable bonds is 4. The third-order valence-corrected chi connectivity index (χ3v) is 4.25. The Labute approximate surface area is 150 Å². The molecule has 0 aromatic heterocycles. The smallest absolute Gasteiger partial charge is 0.322 e. The highest BCUT2D eigenvalue weighted by Gasteiger charge is 2.34. The number of benzene rings is 2. The third-order valence-electron chi connectivity index (χ3n) is 4.25. The van der Waals surface area contributed by atoms with Crippen LogP contribution in [-0.2, 0) is 4.79 Å². The fourth-order valence-electron chi connectivity index (χ4n) is 2.94. The van der Waals surface area contributed by atoms with E-state index in [1.54, 1.807) is 31.4 Å². The lowest BCUT2D eigenvalue weighted by atomic mass is 10.2. The minimum absolute atomic E-state index is 0.282. The molecular formula is C19H20FN3O3. The number of hydrogen-bond acceptors (Lipinski definition) is 3. The summed E-state index contributed by atoms with van der Waals surface area (Å²) in [6, 6.07) is 11.6. The molecule has 3 amide bonds. The lowest BCUT2D eigenvalue weighted by Gasteiger charge is -2.24. The van der Waals surface area contributed by atoms with Crippen LogP contribution in [0.15, 0.2) is 48.5 Å². The molecular weight excluding hydrogens is 337 g/mol. The number of nitrogens with zero attached hydrogens (tertiary/aromatic N) is 1. The van der Waals surface area contributed by atoms with Gasteiger partial charge in [-0.1, -0.05) is 6.07 Å². The predicted molar refractivity (Wildman–Crippen MR) is 96.8 cm³/mol. The van der Waals surface area contributed by atoms with Gasteiger partial charge in [0.1, 0.15) is 17.6 Å². The molecule has 3 rings (SSSR count). The molecule has 0 radical (unpaired) electrons. The number of halogens is 1. The monoisotopic (exact) mass is 357 g/mol. The minimum Gasteiger partial charge on any atom is -0.497 e. The van der Waals surface area contributed by atoms with Crippen LogP contribution in [0.25, 0.3) is 0 Å². The van der Waals surface area contributed by atoms with Gasteiger partial charge in [0.05, 0.1) is 7.11 Å². The lowest BCUT2D eigenvalue weighted by Crippen LogP contribution is -2.45. The Morgan fingerprint density at radius 3 is 2.62 bits per heavy atom. The SMILES string of the molecule is COc1cccc(NC(=O)N2CCC[C@H]2C(=O)Nc2ccc(F)cc2)c1. The van der Waals surface area contributed by atoms with Gasteiger partial charge in [-0.15, -0.1) is 0 Å². The number of anilines is 2. The van der Waals surface area contributed by atoms with Gasteiger partial charge in [-0.25, -0.2) is 9.18 Å². The van der Waals surface area contributed by atoms with Crippen LogP contribution in [-0.4, -0.2) is 36.5 Å². The van der Waals surface area contributed by atoms with E-state index in [-0.39, 0.29) is 17.8 Å². The lowest BCUT2D eigenvalue weighted by molar-refractivity contribution is -0.119. The summed E-state index contributed by atoms with van der Waals surface area (Å²) in [5, 5.41) is 5.52. The molecule has 0 bridgehead atoms. The van der Waals surface area contributed by atoms with Gasteiger partial charge in [-0.2, -0.15) is 0 Å². The molecule has 26 heavy (non-hydrogen) atoms. The Morgan fingerprint density at radius 1 is 1.12 bits per heavy atom. The first-order chi connectivity index (χ1) is 12.6. The van der Waals surface area contributed by atoms with Crippen LogP contribution in [0.4, 0.5) is 20.6 Å². The molecule has 136 valence electrons. The summed E-state index contributed by atoms with van der Waals surface area (Å²) in [6.45, 7) is 0.497. The van der Waals surface area contributed by atoms with Gasteiger partial charge in [0, 0.05) is 24.0 Å². The topological polar surface area (TPSA) is 70.7 Å². The van der Waals surface area contributed by atoms with Crippen LogP contribution in [0.2, 0.25) is 0 Å². The summed E-state index contributed by atoms with van der Waals surface area (Å²) in [6.07, 6.45) is 1.32. The van der Waals surface area contributed by atoms with Crippen molar-refractivity contribution in [3.63, 3.8) is 0 Å². The molecule has 6 nitrogen and oxygen atoms in total. The predicted octanol–water partition coefficient (Wildman–Crippen LogP) is 3.47. The molecule has 0 unspecified atom stereocenters. The van der Waals surface area contributed by atoms with Crippen molar-refractivity contribution in [1.82, 2.24) is 4.90 Å². The molecule has 2 aromatic rings. The highest BCUT2D eigenvalue weighted by Crippen LogP contribution is 2.22. The first-order valence-electron chi connectivity index (χ1n) is 8.35. The normalized spacial score (nSPS) is 16.2. The van der Waals surface area contributed by atoms with E-state index in [1.807, 2.05) is 0 Å². The number of urea groups is 1. The van der Waals surface area contributed by atoms with E-state index in [0.717, 1.165) is 6.42 Å². The highest BCUT2D eigenvalue weighted by molar-refractivity contribution is 5.99. The Kier molecular flexibility index (Phi) is 5.36. The van der Waals surface area contributed by atoms with E-state index < -0.39 is 6.04 Å². The van der Waals surface area contributed by atoms with E-state index in [4.69, 9.17) is 4.74 Å². The number of carbonyl (C=O) groups excluding carboxylic acids is 2. The van der Waals surface area contributed by atoms with E-state index in [1.165, 1.54) is 29.2 Å². The number of amides is 3. The van der Waals surface area contributed by atoms with Gasteiger partial charge >= 0.3 is 6.03 Å². The average molecular weight is 357 g/mol. The summed E-state index contributed by atoms with van der Waals surface area (Å²) >= 11 is 0. The highest BCUT2D eigenvalue weighted by atomic mass is 19.1. The summed E-state index contributed by atoms with van der Waals surface area (Å²) in [5.74, 6) is -0.0205. The van der Waals surface area contributed by atoms with Gasteiger partial charge in [-0.05, 0) is 49.2 Å². The zero-order valence-electron chi connectivity index (χ0n) is 14.4. The van der Waals surface area contributed by atoms with Gasteiger partial charge in [-0.3, -0.25) is 4.79 Å². The molecule has 1 aliphatic rings. The third kappa shape index (κ3) is 4.11. The Morgan fingerprint density at radius 2 is 1.88 bits per heavy atom. The molecule has 1 heterocycles. The van der Waals surface area contributed by atoms with Crippen LogP contribution in [0.5, 0.6) is 5.75 Å². The first kappa shape index (κ1) is 17.7. The van der Waals surface area contributed by atoms with Crippen molar-refractivity contribution in [3.8, 4) is 5.75 Å². The maximum absolute atomic E-state index is 13.0. The van der Waals surface area contributed by atoms with E-state index >= 15 is 0 Å². The number of methoxy groups -OCH3 is 1. The van der Waals surface area contributed by atoms with Crippen LogP contribution in [0.3, 0.4) is 0 Å². The van der Waals surface area contributed by atoms with Crippen LogP contribution < -0.4 is 15.4 Å². The van der Waals surface area contributed by atoms with Crippen molar-refractivity contribution in [2.24, 2.45) is 0 Å². The second kappa shape index (κ2) is 7.86. The molecule has 7 heteroatoms. The quantitative estimate of drug-likeness (QED) is 0.880. The molecule has 2 aromatic carbocycles. The number of ether oxygens (including phenoxy) is 1. The van der Waals surface area contributed by atoms with Gasteiger partial charge in [0.15, 0.2) is 0 Å². The maximum Gasteiger partial charge on any atom is 0.322 e. The number of hydrogen-bond donors (Lipinski definition) is 2. The van der Waals surface area contributed by atoms with Crippen molar-refractivity contribution in [3.05, 3.63) is 54.3 Å². The fraction of sp³-hybridized carbons (Fsp3) is 0.263. The number of carbonyl (C=O) groups is 2. The standard InChI is InChI=1S/C19H20FN3O3/c1-26-16-5-2-4-15(12-16)22-19(25)23-11-3-6-17(23)18(24)21-14-9-7-13(20)8-10-14/h2,4-5,7-10,12,17H,3,6,11H2,1H3,(H,21,24)(H,22,25)/t17-/m0/s1. The van der Waals surface area contributed by atoms with Crippen molar-refractivity contribution < 1.29 is 18.7 Å². The second-order valence-corrected chi connectivity index (χ2v) is 6.01. The zero-order valence-corrected chi connectivity index (χ0v) is 14.4. The van der Waals surface area contributed by atoms with E-state index in [0.29, 0.717) is 30.1 Å². The maximum atomic E-state index is 13.0. The minimum atomic E-state index is -0.564. The Bertz CT molecular complexity index is 795. The number of likely N-dealkylation sites (tertiary alicyclic amines) is 1. The molecule has 0 aliphatic carbocycles. The summed E-state index contributed by atoms with van der Waals surface area (Å²) < 4.78 is 18.1. The van der Waals surface area contributed by atoms with E-state index in [9.17, 15) is 14.0 Å². The van der Waals surface area contributed by atoms with Gasteiger partial charge in [0.2, 0.25) is 5.91 Å². The Hall–Kier alpha value is -3.09. The molecule has 1 saturated heterocycles. The van der Waals surface area contributed by atoms with Gasteiger partial charge < -0.3 is 20.3 Å². The largest absolute Gasteiger partial charge is 0.497 e. The van der Waals surface area contributed by atoms with Crippen molar-refractivity contribution in [1.29, 1.82) is 0 Å². The zero-order chi connectivity index (χ0) is 18.5. The number of nitrogens with one attached hydrogen (secondary N) is 2. The second-order valence-electron chi connectivity index (χ2n) is 6.01. The van der Waals surface area contributed by atoms with Crippen LogP contribution in [0, 0.1) is 5.82 Å². The molecule has 1 atom stereocenters. The summed E-state index contributed by atoms with van der Waals surface area (Å²) in [4.78, 5) is 26.6. The van der Waals surface area contributed by atoms with E-state index in [2.05, 4.69) is 10.6 Å². The summed E-state index contributed by atoms with van der Waals surface area (Å²) in [5.41, 5.74) is 1.09. The molecule has 2 N–H and O–H groups in total. The van der Waals surface area contributed by atoms with Crippen LogP contribution >= 0.6 is 0 Å². The molecule has 0 spiro atoms. The fourth-order valence-corrected chi connectivity index (χ4v) is 2.94. The Balaban J connectivity index is 1.65. The van der Waals surface area contributed by atoms with Crippen LogP contribution in [0.1, 0.15) is 12.8 Å². The average Bonchev–Trinajstić information content (AvgIpc) is 3.14. The molecule has 0 saturated carbocycles. The van der Waals surface area contributed by atoms with Gasteiger partial charge in [0.25, 0.3) is 0 Å². The van der Waals surface area contributed by atoms with Crippen molar-refractivity contribution in [2.45, 2.75) is 18.9 Å². The molecule has 1 fully saturated rings. The molecule has 1 aliphatic heterocycles. The summed E-state index contributed by atoms with van der Waals surface area (Å²) in [7, 11) is 1.55. The van der Waals surface area contributed by atoms with Crippen molar-refractivity contribution >= 4 is 23.3 Å². The first-order valence-corrected chi connectivity index (χ1v) is 8.35.